The van der Waals surface area contributed by atoms with Crippen LogP contribution in [0.1, 0.15) is 31.9 Å². The molecule has 0 spiro atoms. The summed E-state index contributed by atoms with van der Waals surface area (Å²) in [5.41, 5.74) is 2.21. The fraction of sp³-hybridized carbons (Fsp3) is 0.357. The van der Waals surface area contributed by atoms with Gasteiger partial charge in [-0.2, -0.15) is 0 Å². The van der Waals surface area contributed by atoms with Crippen LogP contribution in [-0.4, -0.2) is 12.1 Å². The minimum Gasteiger partial charge on any atom is -0.497 e. The van der Waals surface area contributed by atoms with Crippen LogP contribution in [0.4, 0.5) is 0 Å². The highest BCUT2D eigenvalue weighted by molar-refractivity contribution is 5.80. The lowest BCUT2D eigenvalue weighted by atomic mass is 10.0. The first-order valence-corrected chi connectivity index (χ1v) is 5.69. The van der Waals surface area contributed by atoms with Gasteiger partial charge in [0.1, 0.15) is 5.75 Å². The van der Waals surface area contributed by atoms with Gasteiger partial charge in [-0.05, 0) is 36.6 Å². The molecule has 2 aromatic rings. The second kappa shape index (κ2) is 4.52. The van der Waals surface area contributed by atoms with E-state index in [9.17, 15) is 0 Å². The molecule has 1 heterocycles. The zero-order chi connectivity index (χ0) is 11.5. The zero-order valence-corrected chi connectivity index (χ0v) is 10.0. The maximum absolute atomic E-state index is 5.19. The van der Waals surface area contributed by atoms with Crippen molar-refractivity contribution in [3.05, 3.63) is 36.0 Å². The van der Waals surface area contributed by atoms with Gasteiger partial charge < -0.3 is 4.74 Å². The summed E-state index contributed by atoms with van der Waals surface area (Å²) in [5, 5.41) is 1.13. The summed E-state index contributed by atoms with van der Waals surface area (Å²) in [7, 11) is 1.68. The lowest BCUT2D eigenvalue weighted by Gasteiger charge is -2.09. The molecule has 2 rings (SSSR count). The molecule has 0 saturated carbocycles. The molecule has 1 aromatic heterocycles. The van der Waals surface area contributed by atoms with Crippen LogP contribution in [0.2, 0.25) is 0 Å². The fourth-order valence-electron chi connectivity index (χ4n) is 1.73. The van der Waals surface area contributed by atoms with Crippen LogP contribution in [0.25, 0.3) is 10.9 Å². The van der Waals surface area contributed by atoms with E-state index in [0.717, 1.165) is 23.1 Å². The second-order valence-electron chi connectivity index (χ2n) is 4.10. The Morgan fingerprint density at radius 1 is 1.25 bits per heavy atom. The van der Waals surface area contributed by atoms with Gasteiger partial charge >= 0.3 is 0 Å². The molecule has 16 heavy (non-hydrogen) atoms. The summed E-state index contributed by atoms with van der Waals surface area (Å²) in [4.78, 5) is 4.67. The molecule has 2 heteroatoms. The van der Waals surface area contributed by atoms with Crippen molar-refractivity contribution in [2.45, 2.75) is 26.2 Å². The van der Waals surface area contributed by atoms with Gasteiger partial charge in [-0.25, -0.2) is 0 Å². The number of hydrogen-bond acceptors (Lipinski definition) is 2. The molecule has 0 amide bonds. The third-order valence-electron chi connectivity index (χ3n) is 3.04. The first-order valence-electron chi connectivity index (χ1n) is 5.69. The quantitative estimate of drug-likeness (QED) is 0.777. The molecular formula is C14H17NO. The van der Waals surface area contributed by atoms with Crippen molar-refractivity contribution in [2.75, 3.05) is 7.11 Å². The number of rotatable bonds is 3. The molecule has 2 nitrogen and oxygen atoms in total. The molecule has 0 N–H and O–H groups in total. The van der Waals surface area contributed by atoms with E-state index in [0.29, 0.717) is 5.92 Å². The normalized spacial score (nSPS) is 12.7. The van der Waals surface area contributed by atoms with E-state index in [4.69, 9.17) is 4.74 Å². The van der Waals surface area contributed by atoms with E-state index in [1.54, 1.807) is 7.11 Å². The SMILES string of the molecule is CCC(C)c1ccc2cc(OC)ccc2n1. The van der Waals surface area contributed by atoms with Crippen molar-refractivity contribution in [2.24, 2.45) is 0 Å². The van der Waals surface area contributed by atoms with Crippen molar-refractivity contribution < 1.29 is 4.74 Å². The van der Waals surface area contributed by atoms with E-state index in [1.165, 1.54) is 5.69 Å². The van der Waals surface area contributed by atoms with Crippen LogP contribution >= 0.6 is 0 Å². The van der Waals surface area contributed by atoms with Crippen LogP contribution in [0, 0.1) is 0 Å². The molecule has 0 bridgehead atoms. The van der Waals surface area contributed by atoms with Gasteiger partial charge in [-0.1, -0.05) is 19.9 Å². The number of benzene rings is 1. The van der Waals surface area contributed by atoms with Crippen molar-refractivity contribution in [1.29, 1.82) is 0 Å². The number of aromatic nitrogens is 1. The van der Waals surface area contributed by atoms with Crippen molar-refractivity contribution >= 4 is 10.9 Å². The number of ether oxygens (including phenoxy) is 1. The Hall–Kier alpha value is -1.57. The van der Waals surface area contributed by atoms with Gasteiger partial charge in [-0.3, -0.25) is 4.98 Å². The third kappa shape index (κ3) is 2.01. The number of pyridine rings is 1. The number of methoxy groups -OCH3 is 1. The maximum Gasteiger partial charge on any atom is 0.119 e. The standard InChI is InChI=1S/C14H17NO/c1-4-10(2)13-7-5-11-9-12(16-3)6-8-14(11)15-13/h5-10H,4H2,1-3H3. The Morgan fingerprint density at radius 3 is 2.75 bits per heavy atom. The Kier molecular flexibility index (Phi) is 3.09. The van der Waals surface area contributed by atoms with Gasteiger partial charge in [0.25, 0.3) is 0 Å². The van der Waals surface area contributed by atoms with Gasteiger partial charge in [0.05, 0.1) is 12.6 Å². The zero-order valence-electron chi connectivity index (χ0n) is 10.0. The highest BCUT2D eigenvalue weighted by Crippen LogP contribution is 2.23. The summed E-state index contributed by atoms with van der Waals surface area (Å²) in [6.45, 7) is 4.39. The predicted octanol–water partition coefficient (Wildman–Crippen LogP) is 3.76. The molecular weight excluding hydrogens is 198 g/mol. The minimum absolute atomic E-state index is 0.520. The first-order chi connectivity index (χ1) is 7.74. The van der Waals surface area contributed by atoms with Crippen LogP contribution in [0.5, 0.6) is 5.75 Å². The summed E-state index contributed by atoms with van der Waals surface area (Å²) in [6, 6.07) is 10.2. The van der Waals surface area contributed by atoms with Crippen molar-refractivity contribution in [1.82, 2.24) is 4.98 Å². The summed E-state index contributed by atoms with van der Waals surface area (Å²) in [6.07, 6.45) is 1.12. The predicted molar refractivity (Wildman–Crippen MR) is 67.0 cm³/mol. The Balaban J connectivity index is 2.47. The molecule has 1 unspecified atom stereocenters. The smallest absolute Gasteiger partial charge is 0.119 e. The van der Waals surface area contributed by atoms with Crippen LogP contribution in [0.3, 0.4) is 0 Å². The largest absolute Gasteiger partial charge is 0.497 e. The van der Waals surface area contributed by atoms with Crippen molar-refractivity contribution in [3.8, 4) is 5.75 Å². The second-order valence-corrected chi connectivity index (χ2v) is 4.10. The molecule has 0 aliphatic carbocycles. The molecule has 1 aromatic carbocycles. The highest BCUT2D eigenvalue weighted by Gasteiger charge is 2.05. The Labute approximate surface area is 96.3 Å². The topological polar surface area (TPSA) is 22.1 Å². The average Bonchev–Trinajstić information content (AvgIpc) is 2.36. The van der Waals surface area contributed by atoms with Crippen molar-refractivity contribution in [3.63, 3.8) is 0 Å². The molecule has 84 valence electrons. The van der Waals surface area contributed by atoms with E-state index in [-0.39, 0.29) is 0 Å². The molecule has 1 atom stereocenters. The van der Waals surface area contributed by atoms with Gasteiger partial charge in [0.15, 0.2) is 0 Å². The van der Waals surface area contributed by atoms with Crippen LogP contribution < -0.4 is 4.74 Å². The van der Waals surface area contributed by atoms with Gasteiger partial charge in [0.2, 0.25) is 0 Å². The summed E-state index contributed by atoms with van der Waals surface area (Å²) < 4.78 is 5.19. The summed E-state index contributed by atoms with van der Waals surface area (Å²) >= 11 is 0. The monoisotopic (exact) mass is 215 g/mol. The van der Waals surface area contributed by atoms with Crippen LogP contribution in [0.15, 0.2) is 30.3 Å². The fourth-order valence-corrected chi connectivity index (χ4v) is 1.73. The molecule has 0 saturated heterocycles. The molecule has 0 fully saturated rings. The van der Waals surface area contributed by atoms with Gasteiger partial charge in [-0.15, -0.1) is 0 Å². The Bertz CT molecular complexity index is 493. The first kappa shape index (κ1) is 10.9. The number of fused-ring (bicyclic) bond motifs is 1. The minimum atomic E-state index is 0.520. The average molecular weight is 215 g/mol. The van der Waals surface area contributed by atoms with E-state index < -0.39 is 0 Å². The molecule has 0 aliphatic heterocycles. The number of hydrogen-bond donors (Lipinski definition) is 0. The Morgan fingerprint density at radius 2 is 2.06 bits per heavy atom. The van der Waals surface area contributed by atoms with Crippen LogP contribution in [-0.2, 0) is 0 Å². The number of nitrogens with zero attached hydrogens (tertiary/aromatic N) is 1. The highest BCUT2D eigenvalue weighted by atomic mass is 16.5. The lowest BCUT2D eigenvalue weighted by Crippen LogP contribution is -1.95. The summed E-state index contributed by atoms with van der Waals surface area (Å²) in [5.74, 6) is 1.40. The lowest BCUT2D eigenvalue weighted by molar-refractivity contribution is 0.415. The van der Waals surface area contributed by atoms with E-state index >= 15 is 0 Å². The molecule has 0 aliphatic rings. The third-order valence-corrected chi connectivity index (χ3v) is 3.04. The van der Waals surface area contributed by atoms with E-state index in [2.05, 4.69) is 31.0 Å². The van der Waals surface area contributed by atoms with Gasteiger partial charge in [0, 0.05) is 11.1 Å². The van der Waals surface area contributed by atoms with E-state index in [1.807, 2.05) is 18.2 Å². The molecule has 0 radical (unpaired) electrons. The maximum atomic E-state index is 5.19.